The minimum atomic E-state index is -1.36. The lowest BCUT2D eigenvalue weighted by atomic mass is 10.1. The Morgan fingerprint density at radius 3 is 2.64 bits per heavy atom. The third-order valence-electron chi connectivity index (χ3n) is 1.55. The topological polar surface area (TPSA) is 90.2 Å². The maximum absolute atomic E-state index is 9.07. The van der Waals surface area contributed by atoms with E-state index in [1.165, 1.54) is 0 Å². The van der Waals surface area contributed by atoms with Crippen molar-refractivity contribution in [2.24, 2.45) is 0 Å². The molecule has 0 radical (unpaired) electrons. The molecule has 0 aliphatic carbocycles. The molecule has 0 fully saturated rings. The molecule has 5 heteroatoms. The third-order valence-corrected chi connectivity index (χ3v) is 1.55. The van der Waals surface area contributed by atoms with Crippen LogP contribution < -0.4 is 0 Å². The van der Waals surface area contributed by atoms with Crippen molar-refractivity contribution in [3.05, 3.63) is 12.0 Å². The summed E-state index contributed by atoms with van der Waals surface area (Å²) in [4.78, 5) is 0. The largest absolute Gasteiger partial charge is 0.506 e. The van der Waals surface area contributed by atoms with Gasteiger partial charge in [0.1, 0.15) is 24.6 Å². The van der Waals surface area contributed by atoms with Gasteiger partial charge in [-0.05, 0) is 0 Å². The normalized spacial score (nSPS) is 37.7. The Hall–Kier alpha value is -0.780. The molecule has 0 aromatic heterocycles. The highest BCUT2D eigenvalue weighted by Crippen LogP contribution is 2.16. The fraction of sp³-hybridized carbons (Fsp3) is 0.667. The first kappa shape index (κ1) is 8.32. The van der Waals surface area contributed by atoms with Crippen molar-refractivity contribution < 1.29 is 25.2 Å². The predicted octanol–water partition coefficient (Wildman–Crippen LogP) is -1.50. The molecule has 0 saturated carbocycles. The fourth-order valence-corrected chi connectivity index (χ4v) is 0.837. The molecule has 0 saturated heterocycles. The molecule has 4 N–H and O–H groups in total. The molecule has 0 unspecified atom stereocenters. The van der Waals surface area contributed by atoms with Crippen LogP contribution in [0.2, 0.25) is 0 Å². The van der Waals surface area contributed by atoms with Gasteiger partial charge in [0, 0.05) is 0 Å². The summed E-state index contributed by atoms with van der Waals surface area (Å²) in [5, 5.41) is 35.4. The lowest BCUT2D eigenvalue weighted by molar-refractivity contribution is -0.101. The molecule has 64 valence electrons. The fourth-order valence-electron chi connectivity index (χ4n) is 0.837. The molecular formula is C6H10O5. The zero-order valence-corrected chi connectivity index (χ0v) is 5.71. The van der Waals surface area contributed by atoms with E-state index in [-0.39, 0.29) is 0 Å². The Kier molecular flexibility index (Phi) is 2.33. The van der Waals surface area contributed by atoms with Gasteiger partial charge < -0.3 is 25.2 Å². The smallest absolute Gasteiger partial charge is 0.158 e. The molecule has 5 nitrogen and oxygen atoms in total. The highest BCUT2D eigenvalue weighted by atomic mass is 16.5. The zero-order valence-electron chi connectivity index (χ0n) is 5.71. The van der Waals surface area contributed by atoms with Crippen molar-refractivity contribution in [1.29, 1.82) is 0 Å². The van der Waals surface area contributed by atoms with E-state index in [9.17, 15) is 0 Å². The van der Waals surface area contributed by atoms with E-state index < -0.39 is 30.7 Å². The summed E-state index contributed by atoms with van der Waals surface area (Å²) in [5.41, 5.74) is 0. The molecule has 0 bridgehead atoms. The van der Waals surface area contributed by atoms with E-state index in [0.717, 1.165) is 6.26 Å². The number of aliphatic hydroxyl groups excluding tert-OH is 4. The van der Waals surface area contributed by atoms with E-state index in [4.69, 9.17) is 20.4 Å². The van der Waals surface area contributed by atoms with Crippen molar-refractivity contribution >= 4 is 0 Å². The number of hydrogen-bond acceptors (Lipinski definition) is 5. The summed E-state index contributed by atoms with van der Waals surface area (Å²) in [6.45, 7) is -0.401. The van der Waals surface area contributed by atoms with E-state index in [1.807, 2.05) is 0 Å². The molecule has 1 aliphatic rings. The molecule has 1 heterocycles. The Bertz CT molecular complexity index is 166. The Morgan fingerprint density at radius 2 is 2.09 bits per heavy atom. The van der Waals surface area contributed by atoms with Crippen LogP contribution in [0.15, 0.2) is 12.0 Å². The Labute approximate surface area is 63.2 Å². The Balaban J connectivity index is 2.68. The highest BCUT2D eigenvalue weighted by Gasteiger charge is 2.33. The monoisotopic (exact) mass is 162 g/mol. The van der Waals surface area contributed by atoms with E-state index in [1.54, 1.807) is 0 Å². The van der Waals surface area contributed by atoms with Gasteiger partial charge in [0.25, 0.3) is 0 Å². The van der Waals surface area contributed by atoms with Gasteiger partial charge in [0.2, 0.25) is 0 Å². The average Bonchev–Trinajstić information content (AvgIpc) is 2.01. The van der Waals surface area contributed by atoms with E-state index in [2.05, 4.69) is 4.74 Å². The Morgan fingerprint density at radius 1 is 1.45 bits per heavy atom. The van der Waals surface area contributed by atoms with Crippen LogP contribution in [-0.4, -0.2) is 45.3 Å². The predicted molar refractivity (Wildman–Crippen MR) is 34.7 cm³/mol. The van der Waals surface area contributed by atoms with Crippen LogP contribution >= 0.6 is 0 Å². The van der Waals surface area contributed by atoms with Crippen molar-refractivity contribution in [2.45, 2.75) is 18.3 Å². The SMILES string of the molecule is OC[C@H]1OC=C(O)[C@@H](O)[C@H]1O. The van der Waals surface area contributed by atoms with Crippen LogP contribution in [0, 0.1) is 0 Å². The summed E-state index contributed by atoms with van der Waals surface area (Å²) in [6.07, 6.45) is -2.58. The van der Waals surface area contributed by atoms with Gasteiger partial charge >= 0.3 is 0 Å². The summed E-state index contributed by atoms with van der Waals surface area (Å²) < 4.78 is 4.65. The molecular weight excluding hydrogens is 152 g/mol. The number of ether oxygens (including phenoxy) is 1. The molecule has 1 rings (SSSR count). The van der Waals surface area contributed by atoms with Crippen LogP contribution in [-0.2, 0) is 4.74 Å². The molecule has 0 aromatic rings. The van der Waals surface area contributed by atoms with Crippen LogP contribution in [0.25, 0.3) is 0 Å². The first-order chi connectivity index (χ1) is 5.16. The first-order valence-corrected chi connectivity index (χ1v) is 3.18. The van der Waals surface area contributed by atoms with Crippen molar-refractivity contribution in [2.75, 3.05) is 6.61 Å². The van der Waals surface area contributed by atoms with E-state index >= 15 is 0 Å². The maximum atomic E-state index is 9.07. The van der Waals surface area contributed by atoms with Crippen LogP contribution in [0.1, 0.15) is 0 Å². The summed E-state index contributed by atoms with van der Waals surface area (Å²) >= 11 is 0. The van der Waals surface area contributed by atoms with Gasteiger partial charge in [-0.3, -0.25) is 0 Å². The molecule has 0 spiro atoms. The van der Waals surface area contributed by atoms with Crippen LogP contribution in [0.4, 0.5) is 0 Å². The first-order valence-electron chi connectivity index (χ1n) is 3.18. The lowest BCUT2D eigenvalue weighted by Gasteiger charge is -2.28. The average molecular weight is 162 g/mol. The van der Waals surface area contributed by atoms with E-state index in [0.29, 0.717) is 0 Å². The van der Waals surface area contributed by atoms with Crippen molar-refractivity contribution in [3.8, 4) is 0 Å². The van der Waals surface area contributed by atoms with Gasteiger partial charge in [-0.15, -0.1) is 0 Å². The second-order valence-corrected chi connectivity index (χ2v) is 2.34. The van der Waals surface area contributed by atoms with Gasteiger partial charge in [-0.2, -0.15) is 0 Å². The third kappa shape index (κ3) is 1.45. The summed E-state index contributed by atoms with van der Waals surface area (Å²) in [6, 6.07) is 0. The number of hydrogen-bond donors (Lipinski definition) is 4. The van der Waals surface area contributed by atoms with Gasteiger partial charge in [-0.25, -0.2) is 0 Å². The van der Waals surface area contributed by atoms with Gasteiger partial charge in [0.15, 0.2) is 5.76 Å². The zero-order chi connectivity index (χ0) is 8.43. The number of rotatable bonds is 1. The molecule has 1 aliphatic heterocycles. The number of aliphatic hydroxyl groups is 4. The van der Waals surface area contributed by atoms with Gasteiger partial charge in [-0.1, -0.05) is 0 Å². The molecule has 11 heavy (non-hydrogen) atoms. The standard InChI is InChI=1S/C6H10O5/c7-1-4-6(10)5(9)3(8)2-11-4/h2,4-10H,1H2/t4-,5-,6+/m1/s1. The summed E-state index contributed by atoms with van der Waals surface area (Å²) in [7, 11) is 0. The highest BCUT2D eigenvalue weighted by molar-refractivity contribution is 5.03. The minimum absolute atomic E-state index is 0.401. The second-order valence-electron chi connectivity index (χ2n) is 2.34. The van der Waals surface area contributed by atoms with Crippen LogP contribution in [0.3, 0.4) is 0 Å². The van der Waals surface area contributed by atoms with Crippen molar-refractivity contribution in [3.63, 3.8) is 0 Å². The molecule has 0 aromatic carbocycles. The second kappa shape index (κ2) is 3.08. The summed E-state index contributed by atoms with van der Waals surface area (Å²) in [5.74, 6) is -0.429. The van der Waals surface area contributed by atoms with Gasteiger partial charge in [0.05, 0.1) is 6.61 Å². The molecule has 3 atom stereocenters. The van der Waals surface area contributed by atoms with Crippen LogP contribution in [0.5, 0.6) is 0 Å². The minimum Gasteiger partial charge on any atom is -0.506 e. The maximum Gasteiger partial charge on any atom is 0.158 e. The molecule has 0 amide bonds. The lowest BCUT2D eigenvalue weighted by Crippen LogP contribution is -2.44. The quantitative estimate of drug-likeness (QED) is 0.376. The van der Waals surface area contributed by atoms with Crippen molar-refractivity contribution in [1.82, 2.24) is 0 Å².